The molecule has 3 unspecified atom stereocenters. The van der Waals surface area contributed by atoms with Crippen LogP contribution in [-0.2, 0) is 28.5 Å². The van der Waals surface area contributed by atoms with Crippen LogP contribution in [0, 0.1) is 0 Å². The molecule has 1 aliphatic heterocycles. The third-order valence-corrected chi connectivity index (χ3v) is 10.2. The molecule has 1 fully saturated rings. The molecular formula is C48H82O10. The third kappa shape index (κ3) is 29.6. The van der Waals surface area contributed by atoms with Gasteiger partial charge in [0, 0.05) is 12.8 Å². The second kappa shape index (κ2) is 38.6. The van der Waals surface area contributed by atoms with Crippen molar-refractivity contribution in [2.24, 2.45) is 0 Å². The predicted octanol–water partition coefficient (Wildman–Crippen LogP) is 9.83. The van der Waals surface area contributed by atoms with E-state index >= 15 is 0 Å². The van der Waals surface area contributed by atoms with E-state index < -0.39 is 49.4 Å². The first-order valence-electron chi connectivity index (χ1n) is 22.9. The van der Waals surface area contributed by atoms with Crippen molar-refractivity contribution >= 4 is 11.9 Å². The SMILES string of the molecule is CC/C=C/C=C/C=C/CCCCCCCC(=O)OC(COC(=O)CCCCCCCCCCCC/C=C/C=C/CCCCCC)CO[C@H]1O[C@@H](CO)[C@@H](O)C(O)C1O. The van der Waals surface area contributed by atoms with Gasteiger partial charge in [-0.05, 0) is 57.8 Å². The normalized spacial score (nSPS) is 20.7. The molecule has 0 spiro atoms. The molecule has 10 nitrogen and oxygen atoms in total. The first-order valence-corrected chi connectivity index (χ1v) is 22.9. The van der Waals surface area contributed by atoms with E-state index in [0.29, 0.717) is 6.42 Å². The lowest BCUT2D eigenvalue weighted by molar-refractivity contribution is -0.305. The van der Waals surface area contributed by atoms with Crippen molar-refractivity contribution in [3.8, 4) is 0 Å². The van der Waals surface area contributed by atoms with E-state index in [1.165, 1.54) is 70.6 Å². The summed E-state index contributed by atoms with van der Waals surface area (Å²) in [5, 5.41) is 40.1. The fourth-order valence-corrected chi connectivity index (χ4v) is 6.59. The Morgan fingerprint density at radius 3 is 1.53 bits per heavy atom. The van der Waals surface area contributed by atoms with Crippen LogP contribution in [0.1, 0.15) is 174 Å². The first kappa shape index (κ1) is 53.4. The lowest BCUT2D eigenvalue weighted by atomic mass is 9.99. The van der Waals surface area contributed by atoms with Gasteiger partial charge >= 0.3 is 11.9 Å². The zero-order chi connectivity index (χ0) is 42.3. The molecule has 0 bridgehead atoms. The molecule has 0 amide bonds. The number of ether oxygens (including phenoxy) is 4. The Hall–Kier alpha value is -2.60. The molecule has 1 heterocycles. The second-order valence-electron chi connectivity index (χ2n) is 15.6. The van der Waals surface area contributed by atoms with Crippen LogP contribution in [-0.4, -0.2) is 89.0 Å². The Bertz CT molecular complexity index is 1130. The topological polar surface area (TPSA) is 152 Å². The average Bonchev–Trinajstić information content (AvgIpc) is 3.22. The molecule has 334 valence electrons. The molecule has 0 radical (unpaired) electrons. The molecule has 0 aromatic carbocycles. The number of carbonyl (C=O) groups is 2. The largest absolute Gasteiger partial charge is 0.462 e. The van der Waals surface area contributed by atoms with Crippen molar-refractivity contribution in [1.82, 2.24) is 0 Å². The number of hydrogen-bond acceptors (Lipinski definition) is 10. The first-order chi connectivity index (χ1) is 28.3. The summed E-state index contributed by atoms with van der Waals surface area (Å²) in [7, 11) is 0. The van der Waals surface area contributed by atoms with Crippen LogP contribution in [0.2, 0.25) is 0 Å². The fraction of sp³-hybridized carbons (Fsp3) is 0.750. The van der Waals surface area contributed by atoms with Crippen LogP contribution in [0.5, 0.6) is 0 Å². The van der Waals surface area contributed by atoms with E-state index in [2.05, 4.69) is 56.4 Å². The summed E-state index contributed by atoms with van der Waals surface area (Å²) < 4.78 is 22.1. The summed E-state index contributed by atoms with van der Waals surface area (Å²) in [5.74, 6) is -0.837. The minimum Gasteiger partial charge on any atom is -0.462 e. The van der Waals surface area contributed by atoms with E-state index in [0.717, 1.165) is 70.6 Å². The van der Waals surface area contributed by atoms with Crippen LogP contribution >= 0.6 is 0 Å². The highest BCUT2D eigenvalue weighted by Crippen LogP contribution is 2.22. The number of aliphatic hydroxyl groups excluding tert-OH is 4. The van der Waals surface area contributed by atoms with Gasteiger partial charge in [0.05, 0.1) is 13.2 Å². The smallest absolute Gasteiger partial charge is 0.306 e. The van der Waals surface area contributed by atoms with Gasteiger partial charge in [0.15, 0.2) is 12.4 Å². The Morgan fingerprint density at radius 2 is 1.02 bits per heavy atom. The average molecular weight is 819 g/mol. The molecule has 4 N–H and O–H groups in total. The zero-order valence-corrected chi connectivity index (χ0v) is 36.3. The van der Waals surface area contributed by atoms with Gasteiger partial charge in [-0.1, -0.05) is 164 Å². The lowest BCUT2D eigenvalue weighted by Gasteiger charge is -2.39. The van der Waals surface area contributed by atoms with Crippen molar-refractivity contribution in [2.45, 2.75) is 211 Å². The molecule has 0 aromatic heterocycles. The highest BCUT2D eigenvalue weighted by molar-refractivity contribution is 5.70. The number of esters is 2. The highest BCUT2D eigenvalue weighted by atomic mass is 16.7. The van der Waals surface area contributed by atoms with E-state index in [-0.39, 0.29) is 32.0 Å². The minimum absolute atomic E-state index is 0.204. The number of aliphatic hydroxyl groups is 4. The van der Waals surface area contributed by atoms with Gasteiger partial charge in [-0.2, -0.15) is 0 Å². The van der Waals surface area contributed by atoms with Crippen molar-refractivity contribution < 1.29 is 49.0 Å². The number of carbonyl (C=O) groups excluding carboxylic acids is 2. The zero-order valence-electron chi connectivity index (χ0n) is 36.3. The second-order valence-corrected chi connectivity index (χ2v) is 15.6. The lowest BCUT2D eigenvalue weighted by Crippen LogP contribution is -2.59. The van der Waals surface area contributed by atoms with Gasteiger partial charge in [-0.25, -0.2) is 0 Å². The van der Waals surface area contributed by atoms with Crippen molar-refractivity contribution in [2.75, 3.05) is 19.8 Å². The monoisotopic (exact) mass is 819 g/mol. The summed E-state index contributed by atoms with van der Waals surface area (Å²) in [6, 6.07) is 0. The summed E-state index contributed by atoms with van der Waals surface area (Å²) in [6.07, 6.45) is 39.4. The van der Waals surface area contributed by atoms with E-state index in [1.807, 2.05) is 18.2 Å². The maximum absolute atomic E-state index is 12.7. The number of hydrogen-bond donors (Lipinski definition) is 4. The molecule has 58 heavy (non-hydrogen) atoms. The summed E-state index contributed by atoms with van der Waals surface area (Å²) in [5.41, 5.74) is 0. The maximum Gasteiger partial charge on any atom is 0.306 e. The minimum atomic E-state index is -1.60. The molecule has 10 heteroatoms. The highest BCUT2D eigenvalue weighted by Gasteiger charge is 2.44. The molecule has 1 saturated heterocycles. The third-order valence-electron chi connectivity index (χ3n) is 10.2. The molecule has 6 atom stereocenters. The van der Waals surface area contributed by atoms with Gasteiger partial charge in [0.1, 0.15) is 31.0 Å². The number of rotatable bonds is 37. The number of allylic oxidation sites excluding steroid dienone is 10. The Kier molecular flexibility index (Phi) is 35.5. The van der Waals surface area contributed by atoms with Crippen molar-refractivity contribution in [3.05, 3.63) is 60.8 Å². The molecule has 0 aliphatic carbocycles. The van der Waals surface area contributed by atoms with Gasteiger partial charge in [-0.3, -0.25) is 9.59 Å². The Labute approximate surface area is 351 Å². The summed E-state index contributed by atoms with van der Waals surface area (Å²) in [4.78, 5) is 25.3. The Morgan fingerprint density at radius 1 is 0.552 bits per heavy atom. The molecule has 1 aliphatic rings. The predicted molar refractivity (Wildman–Crippen MR) is 233 cm³/mol. The van der Waals surface area contributed by atoms with Crippen LogP contribution in [0.3, 0.4) is 0 Å². The van der Waals surface area contributed by atoms with E-state index in [9.17, 15) is 30.0 Å². The van der Waals surface area contributed by atoms with E-state index in [4.69, 9.17) is 18.9 Å². The molecule has 1 rings (SSSR count). The van der Waals surface area contributed by atoms with Crippen molar-refractivity contribution in [3.63, 3.8) is 0 Å². The van der Waals surface area contributed by atoms with Gasteiger partial charge in [0.25, 0.3) is 0 Å². The fourth-order valence-electron chi connectivity index (χ4n) is 6.59. The van der Waals surface area contributed by atoms with E-state index in [1.54, 1.807) is 0 Å². The molecule has 0 aromatic rings. The maximum atomic E-state index is 12.7. The standard InChI is InChI=1S/C48H82O10/c1-3-5-7-9-11-13-15-17-18-19-20-21-22-23-25-26-28-30-32-34-36-43(50)55-39-41(40-56-48-47(54)46(53)45(52)42(38-49)58-48)57-44(51)37-35-33-31-29-27-24-16-14-12-10-8-6-4-2/h6,8,10,12-18,41-42,45-49,52-54H,3-5,7,9,11,19-40H2,1-2H3/b8-6+,12-10+,15-13+,16-14+,18-17+/t41?,42-,45+,46?,47?,48-/m0/s1. The van der Waals surface area contributed by atoms with Crippen LogP contribution < -0.4 is 0 Å². The quantitative estimate of drug-likeness (QED) is 0.0271. The van der Waals surface area contributed by atoms with Gasteiger partial charge in [0.2, 0.25) is 0 Å². The van der Waals surface area contributed by atoms with Crippen LogP contribution in [0.4, 0.5) is 0 Å². The Balaban J connectivity index is 2.30. The van der Waals surface area contributed by atoms with Gasteiger partial charge in [-0.15, -0.1) is 0 Å². The number of unbranched alkanes of at least 4 members (excludes halogenated alkanes) is 19. The van der Waals surface area contributed by atoms with Crippen LogP contribution in [0.15, 0.2) is 60.8 Å². The van der Waals surface area contributed by atoms with Crippen molar-refractivity contribution in [1.29, 1.82) is 0 Å². The van der Waals surface area contributed by atoms with Crippen LogP contribution in [0.25, 0.3) is 0 Å². The molecular weight excluding hydrogens is 737 g/mol. The van der Waals surface area contributed by atoms with Gasteiger partial charge < -0.3 is 39.4 Å². The molecule has 0 saturated carbocycles. The summed E-state index contributed by atoms with van der Waals surface area (Å²) >= 11 is 0. The summed E-state index contributed by atoms with van der Waals surface area (Å²) in [6.45, 7) is 3.24.